The predicted molar refractivity (Wildman–Crippen MR) is 81.7 cm³/mol. The summed E-state index contributed by atoms with van der Waals surface area (Å²) in [6.45, 7) is 1.96. The Bertz CT molecular complexity index is 597. The third kappa shape index (κ3) is 2.99. The fourth-order valence-electron chi connectivity index (χ4n) is 2.87. The molecule has 0 saturated carbocycles. The van der Waals surface area contributed by atoms with Gasteiger partial charge in [0.05, 0.1) is 6.42 Å². The second-order valence-corrected chi connectivity index (χ2v) is 5.43. The fourth-order valence-corrected chi connectivity index (χ4v) is 2.87. The van der Waals surface area contributed by atoms with Crippen LogP contribution in [0.5, 0.6) is 0 Å². The van der Waals surface area contributed by atoms with E-state index in [-0.39, 0.29) is 11.9 Å². The van der Waals surface area contributed by atoms with Crippen LogP contribution in [-0.4, -0.2) is 25.0 Å². The van der Waals surface area contributed by atoms with Crippen molar-refractivity contribution in [2.24, 2.45) is 0 Å². The van der Waals surface area contributed by atoms with Gasteiger partial charge in [0.25, 0.3) is 0 Å². The van der Waals surface area contributed by atoms with Crippen molar-refractivity contribution in [1.82, 2.24) is 10.6 Å². The lowest BCUT2D eigenvalue weighted by Gasteiger charge is -2.23. The van der Waals surface area contributed by atoms with Gasteiger partial charge in [-0.05, 0) is 35.7 Å². The van der Waals surface area contributed by atoms with Gasteiger partial charge in [-0.15, -0.1) is 0 Å². The van der Waals surface area contributed by atoms with Gasteiger partial charge in [0.1, 0.15) is 0 Å². The van der Waals surface area contributed by atoms with Gasteiger partial charge in [0, 0.05) is 12.6 Å². The summed E-state index contributed by atoms with van der Waals surface area (Å²) in [7, 11) is 0. The first kappa shape index (κ1) is 13.1. The first-order chi connectivity index (χ1) is 9.83. The second-order valence-electron chi connectivity index (χ2n) is 5.43. The second kappa shape index (κ2) is 6.06. The normalized spacial score (nSPS) is 18.9. The predicted octanol–water partition coefficient (Wildman–Crippen LogP) is 2.25. The Hall–Kier alpha value is -1.87. The van der Waals surface area contributed by atoms with E-state index >= 15 is 0 Å². The zero-order chi connectivity index (χ0) is 13.8. The number of rotatable bonds is 3. The quantitative estimate of drug-likeness (QED) is 0.896. The number of hydrogen-bond donors (Lipinski definition) is 2. The number of hydrogen-bond acceptors (Lipinski definition) is 2. The van der Waals surface area contributed by atoms with Gasteiger partial charge >= 0.3 is 0 Å². The van der Waals surface area contributed by atoms with Gasteiger partial charge in [-0.2, -0.15) is 0 Å². The molecule has 2 aromatic rings. The van der Waals surface area contributed by atoms with Crippen LogP contribution in [0.25, 0.3) is 10.8 Å². The van der Waals surface area contributed by atoms with Gasteiger partial charge in [0.2, 0.25) is 5.91 Å². The highest BCUT2D eigenvalue weighted by Gasteiger charge is 2.15. The summed E-state index contributed by atoms with van der Waals surface area (Å²) in [5.41, 5.74) is 1.10. The van der Waals surface area contributed by atoms with E-state index in [0.29, 0.717) is 6.42 Å². The molecule has 2 aromatic carbocycles. The van der Waals surface area contributed by atoms with Gasteiger partial charge < -0.3 is 10.6 Å². The third-order valence-electron chi connectivity index (χ3n) is 3.89. The van der Waals surface area contributed by atoms with Gasteiger partial charge in [-0.1, -0.05) is 42.5 Å². The van der Waals surface area contributed by atoms with Crippen LogP contribution in [0.4, 0.5) is 0 Å². The lowest BCUT2D eigenvalue weighted by Crippen LogP contribution is -2.46. The van der Waals surface area contributed by atoms with Crippen molar-refractivity contribution in [3.63, 3.8) is 0 Å². The van der Waals surface area contributed by atoms with E-state index in [1.165, 1.54) is 10.8 Å². The Morgan fingerprint density at radius 3 is 2.90 bits per heavy atom. The topological polar surface area (TPSA) is 41.1 Å². The van der Waals surface area contributed by atoms with E-state index in [0.717, 1.165) is 31.5 Å². The largest absolute Gasteiger partial charge is 0.352 e. The van der Waals surface area contributed by atoms with Crippen molar-refractivity contribution >= 4 is 16.7 Å². The van der Waals surface area contributed by atoms with E-state index in [4.69, 9.17) is 0 Å². The summed E-state index contributed by atoms with van der Waals surface area (Å²) < 4.78 is 0. The maximum absolute atomic E-state index is 12.2. The van der Waals surface area contributed by atoms with Gasteiger partial charge in [-0.25, -0.2) is 0 Å². The number of piperidine rings is 1. The minimum Gasteiger partial charge on any atom is -0.352 e. The minimum absolute atomic E-state index is 0.120. The summed E-state index contributed by atoms with van der Waals surface area (Å²) in [6, 6.07) is 14.7. The SMILES string of the molecule is O=C(Cc1cccc2ccccc12)N[C@@H]1CCCNC1. The van der Waals surface area contributed by atoms with Gasteiger partial charge in [-0.3, -0.25) is 4.79 Å². The number of carbonyl (C=O) groups is 1. The monoisotopic (exact) mass is 268 g/mol. The van der Waals surface area contributed by atoms with Crippen LogP contribution in [-0.2, 0) is 11.2 Å². The number of fused-ring (bicyclic) bond motifs is 1. The van der Waals surface area contributed by atoms with Crippen molar-refractivity contribution in [2.45, 2.75) is 25.3 Å². The molecule has 1 amide bonds. The summed E-state index contributed by atoms with van der Waals surface area (Å²) >= 11 is 0. The van der Waals surface area contributed by atoms with Crippen LogP contribution < -0.4 is 10.6 Å². The fraction of sp³-hybridized carbons (Fsp3) is 0.353. The van der Waals surface area contributed by atoms with Crippen LogP contribution in [0, 0.1) is 0 Å². The van der Waals surface area contributed by atoms with Crippen molar-refractivity contribution in [1.29, 1.82) is 0 Å². The molecule has 3 heteroatoms. The molecule has 1 aliphatic rings. The summed E-state index contributed by atoms with van der Waals surface area (Å²) in [6.07, 6.45) is 2.67. The van der Waals surface area contributed by atoms with Crippen LogP contribution in [0.15, 0.2) is 42.5 Å². The molecule has 1 heterocycles. The Morgan fingerprint density at radius 1 is 1.20 bits per heavy atom. The van der Waals surface area contributed by atoms with Crippen molar-refractivity contribution in [2.75, 3.05) is 13.1 Å². The highest BCUT2D eigenvalue weighted by atomic mass is 16.1. The van der Waals surface area contributed by atoms with E-state index < -0.39 is 0 Å². The molecule has 1 saturated heterocycles. The molecule has 0 radical (unpaired) electrons. The Balaban J connectivity index is 1.71. The molecule has 1 fully saturated rings. The van der Waals surface area contributed by atoms with Crippen LogP contribution in [0.3, 0.4) is 0 Å². The smallest absolute Gasteiger partial charge is 0.224 e. The maximum Gasteiger partial charge on any atom is 0.224 e. The van der Waals surface area contributed by atoms with Crippen molar-refractivity contribution in [3.8, 4) is 0 Å². The van der Waals surface area contributed by atoms with E-state index in [1.807, 2.05) is 24.3 Å². The average molecular weight is 268 g/mol. The molecular formula is C17H20N2O. The number of nitrogens with one attached hydrogen (secondary N) is 2. The molecule has 20 heavy (non-hydrogen) atoms. The Labute approximate surface area is 119 Å². The van der Waals surface area contributed by atoms with E-state index in [1.54, 1.807) is 0 Å². The molecule has 2 N–H and O–H groups in total. The number of amides is 1. The standard InChI is InChI=1S/C17H20N2O/c20-17(19-15-8-4-10-18-12-15)11-14-7-3-6-13-5-1-2-9-16(13)14/h1-3,5-7,9,15,18H,4,8,10-12H2,(H,19,20)/t15-/m1/s1. The molecule has 1 atom stereocenters. The molecule has 0 bridgehead atoms. The van der Waals surface area contributed by atoms with E-state index in [9.17, 15) is 4.79 Å². The molecular weight excluding hydrogens is 248 g/mol. The molecule has 0 spiro atoms. The summed E-state index contributed by atoms with van der Waals surface area (Å²) in [5, 5.41) is 8.81. The Morgan fingerprint density at radius 2 is 2.05 bits per heavy atom. The lowest BCUT2D eigenvalue weighted by molar-refractivity contribution is -0.121. The third-order valence-corrected chi connectivity index (χ3v) is 3.89. The van der Waals surface area contributed by atoms with Crippen LogP contribution in [0.1, 0.15) is 18.4 Å². The molecule has 1 aliphatic heterocycles. The first-order valence-electron chi connectivity index (χ1n) is 7.29. The molecule has 3 rings (SSSR count). The summed E-state index contributed by atoms with van der Waals surface area (Å²) in [5.74, 6) is 0.120. The van der Waals surface area contributed by atoms with Crippen molar-refractivity contribution in [3.05, 3.63) is 48.0 Å². The molecule has 0 unspecified atom stereocenters. The highest BCUT2D eigenvalue weighted by Crippen LogP contribution is 2.18. The molecule has 0 aliphatic carbocycles. The van der Waals surface area contributed by atoms with Crippen LogP contribution in [0.2, 0.25) is 0 Å². The maximum atomic E-state index is 12.2. The van der Waals surface area contributed by atoms with Crippen molar-refractivity contribution < 1.29 is 4.79 Å². The van der Waals surface area contributed by atoms with Crippen LogP contribution >= 0.6 is 0 Å². The number of carbonyl (C=O) groups excluding carboxylic acids is 1. The molecule has 104 valence electrons. The average Bonchev–Trinajstić information content (AvgIpc) is 2.48. The molecule has 0 aromatic heterocycles. The zero-order valence-electron chi connectivity index (χ0n) is 11.6. The minimum atomic E-state index is 0.120. The summed E-state index contributed by atoms with van der Waals surface area (Å²) in [4.78, 5) is 12.2. The van der Waals surface area contributed by atoms with E-state index in [2.05, 4.69) is 28.8 Å². The zero-order valence-corrected chi connectivity index (χ0v) is 11.6. The molecule has 3 nitrogen and oxygen atoms in total. The number of benzene rings is 2. The lowest BCUT2D eigenvalue weighted by atomic mass is 10.0. The van der Waals surface area contributed by atoms with Gasteiger partial charge in [0.15, 0.2) is 0 Å². The Kier molecular flexibility index (Phi) is 3.97. The highest BCUT2D eigenvalue weighted by molar-refractivity contribution is 5.90. The first-order valence-corrected chi connectivity index (χ1v) is 7.29.